The predicted molar refractivity (Wildman–Crippen MR) is 94.8 cm³/mol. The van der Waals surface area contributed by atoms with Crippen LogP contribution in [0.15, 0.2) is 46.2 Å². The second-order valence-corrected chi connectivity index (χ2v) is 8.08. The molecule has 28 heavy (non-hydrogen) atoms. The molecule has 0 heterocycles. The SMILES string of the molecule is O=[N+]([O-])c1cc(S(=O)(=O)O)ccc1C=Cc1ccc(S(=O)(=O)O)cc1[N+](=O)[O-]. The second kappa shape index (κ2) is 7.43. The van der Waals surface area contributed by atoms with E-state index in [1.54, 1.807) is 0 Å². The van der Waals surface area contributed by atoms with E-state index in [0.717, 1.165) is 36.4 Å². The molecule has 148 valence electrons. The summed E-state index contributed by atoms with van der Waals surface area (Å²) in [7, 11) is -9.36. The first-order chi connectivity index (χ1) is 12.8. The van der Waals surface area contributed by atoms with E-state index in [4.69, 9.17) is 9.11 Å². The molecule has 2 N–H and O–H groups in total. The second-order valence-electron chi connectivity index (χ2n) is 5.24. The standard InChI is InChI=1S/C14H10N2O10S2/c17-15(18)13-7-11(27(21,22)23)5-3-9(13)1-2-10-4-6-12(28(24,25)26)8-14(10)16(19)20/h1-8H,(H,21,22,23)(H,24,25,26). The van der Waals surface area contributed by atoms with Crippen LogP contribution in [0.4, 0.5) is 11.4 Å². The van der Waals surface area contributed by atoms with Crippen LogP contribution >= 0.6 is 0 Å². The van der Waals surface area contributed by atoms with Gasteiger partial charge in [-0.15, -0.1) is 0 Å². The topological polar surface area (TPSA) is 195 Å². The van der Waals surface area contributed by atoms with Gasteiger partial charge in [-0.25, -0.2) is 0 Å². The molecule has 0 aliphatic heterocycles. The van der Waals surface area contributed by atoms with Gasteiger partial charge in [0.15, 0.2) is 0 Å². The van der Waals surface area contributed by atoms with Crippen LogP contribution in [0.5, 0.6) is 0 Å². The molecule has 2 rings (SSSR count). The first-order valence-corrected chi connectivity index (χ1v) is 9.88. The van der Waals surface area contributed by atoms with Gasteiger partial charge in [0.1, 0.15) is 9.79 Å². The van der Waals surface area contributed by atoms with E-state index in [-0.39, 0.29) is 11.1 Å². The number of benzene rings is 2. The van der Waals surface area contributed by atoms with E-state index >= 15 is 0 Å². The van der Waals surface area contributed by atoms with Gasteiger partial charge in [0, 0.05) is 12.1 Å². The smallest absolute Gasteiger partial charge is 0.282 e. The van der Waals surface area contributed by atoms with Crippen LogP contribution in [0, 0.1) is 20.2 Å². The van der Waals surface area contributed by atoms with E-state index in [2.05, 4.69) is 0 Å². The Morgan fingerprint density at radius 3 is 1.29 bits per heavy atom. The molecule has 0 aromatic heterocycles. The zero-order valence-corrected chi connectivity index (χ0v) is 15.1. The summed E-state index contributed by atoms with van der Waals surface area (Å²) in [6.45, 7) is 0. The highest BCUT2D eigenvalue weighted by molar-refractivity contribution is 7.86. The third-order valence-corrected chi connectivity index (χ3v) is 5.13. The van der Waals surface area contributed by atoms with E-state index in [9.17, 15) is 37.1 Å². The van der Waals surface area contributed by atoms with Gasteiger partial charge in [-0.05, 0) is 36.4 Å². The number of nitrogens with zero attached hydrogens (tertiary/aromatic N) is 2. The van der Waals surface area contributed by atoms with E-state index in [1.807, 2.05) is 0 Å². The molecule has 0 radical (unpaired) electrons. The normalized spacial score (nSPS) is 12.2. The largest absolute Gasteiger partial charge is 0.294 e. The fourth-order valence-electron chi connectivity index (χ4n) is 2.15. The molecular formula is C14H10N2O10S2. The Hall–Kier alpha value is -3.20. The van der Waals surface area contributed by atoms with Crippen molar-refractivity contribution in [2.45, 2.75) is 9.79 Å². The number of hydrogen-bond acceptors (Lipinski definition) is 8. The highest BCUT2D eigenvalue weighted by Crippen LogP contribution is 2.28. The van der Waals surface area contributed by atoms with Crippen molar-refractivity contribution in [1.82, 2.24) is 0 Å². The Morgan fingerprint density at radius 2 is 1.04 bits per heavy atom. The Labute approximate surface area is 157 Å². The summed E-state index contributed by atoms with van der Waals surface area (Å²) in [4.78, 5) is 19.0. The van der Waals surface area contributed by atoms with E-state index < -0.39 is 51.2 Å². The molecule has 0 saturated heterocycles. The van der Waals surface area contributed by atoms with Gasteiger partial charge in [0.2, 0.25) is 0 Å². The predicted octanol–water partition coefficient (Wildman–Crippen LogP) is 2.17. The Balaban J connectivity index is 2.57. The first-order valence-electron chi connectivity index (χ1n) is 7.00. The van der Waals surface area contributed by atoms with Crippen molar-refractivity contribution >= 4 is 43.8 Å². The summed E-state index contributed by atoms with van der Waals surface area (Å²) >= 11 is 0. The molecule has 12 nitrogen and oxygen atoms in total. The van der Waals surface area contributed by atoms with Gasteiger partial charge < -0.3 is 0 Å². The quantitative estimate of drug-likeness (QED) is 0.296. The van der Waals surface area contributed by atoms with Crippen molar-refractivity contribution in [3.8, 4) is 0 Å². The third kappa shape index (κ3) is 4.74. The maximum absolute atomic E-state index is 11.1. The summed E-state index contributed by atoms with van der Waals surface area (Å²) in [5.74, 6) is 0. The zero-order chi connectivity index (χ0) is 21.3. The highest BCUT2D eigenvalue weighted by atomic mass is 32.2. The van der Waals surface area contributed by atoms with Gasteiger partial charge in [-0.3, -0.25) is 29.3 Å². The number of nitro groups is 2. The summed E-state index contributed by atoms with van der Waals surface area (Å²) in [6, 6.07) is 5.05. The highest BCUT2D eigenvalue weighted by Gasteiger charge is 2.20. The van der Waals surface area contributed by atoms with Crippen LogP contribution < -0.4 is 0 Å². The van der Waals surface area contributed by atoms with E-state index in [1.165, 1.54) is 0 Å². The lowest BCUT2D eigenvalue weighted by atomic mass is 10.1. The molecule has 14 heteroatoms. The molecule has 0 spiro atoms. The van der Waals surface area contributed by atoms with Gasteiger partial charge in [-0.1, -0.05) is 0 Å². The first kappa shape index (κ1) is 21.1. The van der Waals surface area contributed by atoms with Gasteiger partial charge in [0.25, 0.3) is 31.6 Å². The number of hydrogen-bond donors (Lipinski definition) is 2. The molecule has 0 aliphatic carbocycles. The van der Waals surface area contributed by atoms with Crippen molar-refractivity contribution in [3.63, 3.8) is 0 Å². The van der Waals surface area contributed by atoms with Crippen LogP contribution in [0.1, 0.15) is 11.1 Å². The average molecular weight is 430 g/mol. The molecule has 0 atom stereocenters. The molecule has 0 amide bonds. The summed E-state index contributed by atoms with van der Waals surface area (Å²) in [6.07, 6.45) is 2.14. The van der Waals surface area contributed by atoms with Crippen molar-refractivity contribution in [1.29, 1.82) is 0 Å². The van der Waals surface area contributed by atoms with Crippen LogP contribution in [0.25, 0.3) is 12.2 Å². The monoisotopic (exact) mass is 430 g/mol. The summed E-state index contributed by atoms with van der Waals surface area (Å²) < 4.78 is 62.3. The van der Waals surface area contributed by atoms with Crippen molar-refractivity contribution in [2.75, 3.05) is 0 Å². The van der Waals surface area contributed by atoms with Crippen LogP contribution in [0.3, 0.4) is 0 Å². The fraction of sp³-hybridized carbons (Fsp3) is 0. The Morgan fingerprint density at radius 1 is 0.714 bits per heavy atom. The summed E-state index contributed by atoms with van der Waals surface area (Å²) in [5.41, 5.74) is -1.65. The molecule has 2 aromatic carbocycles. The Bertz CT molecular complexity index is 1120. The molecule has 0 fully saturated rings. The minimum Gasteiger partial charge on any atom is -0.282 e. The third-order valence-electron chi connectivity index (χ3n) is 3.44. The lowest BCUT2D eigenvalue weighted by Crippen LogP contribution is -2.01. The van der Waals surface area contributed by atoms with Crippen LogP contribution in [0.2, 0.25) is 0 Å². The maximum Gasteiger partial charge on any atom is 0.294 e. The van der Waals surface area contributed by atoms with Crippen LogP contribution in [-0.4, -0.2) is 35.8 Å². The zero-order valence-electron chi connectivity index (χ0n) is 13.5. The lowest BCUT2D eigenvalue weighted by molar-refractivity contribution is -0.385. The minimum absolute atomic E-state index is 0.134. The summed E-state index contributed by atoms with van der Waals surface area (Å²) in [5, 5.41) is 22.3. The van der Waals surface area contributed by atoms with Gasteiger partial charge in [-0.2, -0.15) is 16.8 Å². The van der Waals surface area contributed by atoms with Crippen molar-refractivity contribution in [2.24, 2.45) is 0 Å². The minimum atomic E-state index is -4.68. The molecule has 0 bridgehead atoms. The van der Waals surface area contributed by atoms with Crippen molar-refractivity contribution in [3.05, 3.63) is 67.8 Å². The van der Waals surface area contributed by atoms with Crippen molar-refractivity contribution < 1.29 is 35.8 Å². The number of rotatable bonds is 6. The molecule has 0 unspecified atom stereocenters. The number of nitro benzene ring substituents is 2. The molecule has 2 aromatic rings. The van der Waals surface area contributed by atoms with Gasteiger partial charge >= 0.3 is 0 Å². The van der Waals surface area contributed by atoms with Gasteiger partial charge in [0.05, 0.1) is 21.0 Å². The fourth-order valence-corrected chi connectivity index (χ4v) is 3.15. The Kier molecular flexibility index (Phi) is 5.60. The maximum atomic E-state index is 11.1. The van der Waals surface area contributed by atoms with Crippen LogP contribution in [-0.2, 0) is 20.2 Å². The lowest BCUT2D eigenvalue weighted by Gasteiger charge is -2.02. The average Bonchev–Trinajstić information content (AvgIpc) is 2.57. The molecular weight excluding hydrogens is 420 g/mol. The molecule has 0 saturated carbocycles. The molecule has 0 aliphatic rings. The van der Waals surface area contributed by atoms with E-state index in [0.29, 0.717) is 12.1 Å².